The van der Waals surface area contributed by atoms with Gasteiger partial charge in [-0.15, -0.1) is 0 Å². The van der Waals surface area contributed by atoms with Crippen LogP contribution in [0.25, 0.3) is 0 Å². The molecule has 0 saturated carbocycles. The predicted octanol–water partition coefficient (Wildman–Crippen LogP) is 3.18. The molecular weight excluding hydrogens is 273 g/mol. The van der Waals surface area contributed by atoms with Crippen LogP contribution in [0.1, 0.15) is 26.3 Å². The Hall–Kier alpha value is -0.0900. The Morgan fingerprint density at radius 2 is 1.85 bits per heavy atom. The second-order valence-electron chi connectivity index (χ2n) is 4.19. The molecule has 0 radical (unpaired) electrons. The van der Waals surface area contributed by atoms with Gasteiger partial charge in [-0.3, -0.25) is 0 Å². The molecule has 0 aliphatic heterocycles. The average molecular weight is 289 g/mol. The lowest BCUT2D eigenvalue weighted by molar-refractivity contribution is 0.424. The maximum atomic E-state index is 3.47. The lowest BCUT2D eigenvalue weighted by Gasteiger charge is -2.20. The van der Waals surface area contributed by atoms with Crippen molar-refractivity contribution in [3.8, 4) is 0 Å². The van der Waals surface area contributed by atoms with E-state index >= 15 is 0 Å². The monoisotopic (exact) mass is 289 g/mol. The van der Waals surface area contributed by atoms with E-state index < -0.39 is 0 Å². The van der Waals surface area contributed by atoms with E-state index in [2.05, 4.69) is 72.9 Å². The highest BCUT2D eigenvalue weighted by Gasteiger charge is 2.08. The van der Waals surface area contributed by atoms with Crippen molar-refractivity contribution in [2.24, 2.45) is 0 Å². The Morgan fingerprint density at radius 1 is 1.23 bits per heavy atom. The number of benzene rings is 1. The summed E-state index contributed by atoms with van der Waals surface area (Å²) >= 11 is 2.37. The van der Waals surface area contributed by atoms with Gasteiger partial charge >= 0.3 is 0 Å². The molecule has 1 aromatic carbocycles. The van der Waals surface area contributed by atoms with Crippen LogP contribution < -0.4 is 5.32 Å². The summed E-state index contributed by atoms with van der Waals surface area (Å²) < 4.78 is 1.33. The fourth-order valence-corrected chi connectivity index (χ4v) is 1.58. The van der Waals surface area contributed by atoms with Crippen LogP contribution in [-0.2, 0) is 6.54 Å². The SMILES string of the molecule is CC(C)(C)NCc1ccccc1I. The molecular formula is C11H16IN. The number of halogens is 1. The molecule has 0 bridgehead atoms. The van der Waals surface area contributed by atoms with Crippen LogP contribution in [0.4, 0.5) is 0 Å². The maximum Gasteiger partial charge on any atom is 0.0220 e. The standard InChI is InChI=1S/C11H16IN/c1-11(2,3)13-8-9-6-4-5-7-10(9)12/h4-7,13H,8H2,1-3H3. The molecule has 0 saturated heterocycles. The number of hydrogen-bond donors (Lipinski definition) is 1. The van der Waals surface area contributed by atoms with Gasteiger partial charge in [0.2, 0.25) is 0 Å². The highest BCUT2D eigenvalue weighted by molar-refractivity contribution is 14.1. The molecule has 1 aromatic rings. The number of hydrogen-bond acceptors (Lipinski definition) is 1. The molecule has 0 aliphatic rings. The van der Waals surface area contributed by atoms with Crippen molar-refractivity contribution in [2.75, 3.05) is 0 Å². The number of rotatable bonds is 2. The predicted molar refractivity (Wildman–Crippen MR) is 65.8 cm³/mol. The molecule has 0 aliphatic carbocycles. The zero-order valence-corrected chi connectivity index (χ0v) is 10.6. The molecule has 0 atom stereocenters. The Balaban J connectivity index is 2.60. The van der Waals surface area contributed by atoms with E-state index in [-0.39, 0.29) is 5.54 Å². The molecule has 0 unspecified atom stereocenters. The molecule has 0 aromatic heterocycles. The molecule has 13 heavy (non-hydrogen) atoms. The molecule has 0 amide bonds. The van der Waals surface area contributed by atoms with E-state index in [1.54, 1.807) is 0 Å². The van der Waals surface area contributed by atoms with E-state index in [1.807, 2.05) is 0 Å². The smallest absolute Gasteiger partial charge is 0.0220 e. The quantitative estimate of drug-likeness (QED) is 0.825. The first-order chi connectivity index (χ1) is 5.99. The minimum absolute atomic E-state index is 0.193. The van der Waals surface area contributed by atoms with Crippen molar-refractivity contribution in [3.05, 3.63) is 33.4 Å². The molecule has 1 rings (SSSR count). The zero-order valence-electron chi connectivity index (χ0n) is 8.39. The summed E-state index contributed by atoms with van der Waals surface area (Å²) in [5.74, 6) is 0. The molecule has 1 nitrogen and oxygen atoms in total. The first-order valence-corrected chi connectivity index (χ1v) is 5.55. The van der Waals surface area contributed by atoms with Crippen molar-refractivity contribution in [2.45, 2.75) is 32.9 Å². The van der Waals surface area contributed by atoms with Gasteiger partial charge in [0.05, 0.1) is 0 Å². The van der Waals surface area contributed by atoms with Crippen LogP contribution in [0.5, 0.6) is 0 Å². The lowest BCUT2D eigenvalue weighted by Crippen LogP contribution is -2.35. The second kappa shape index (κ2) is 4.42. The molecule has 0 spiro atoms. The minimum atomic E-state index is 0.193. The van der Waals surface area contributed by atoms with Crippen LogP contribution in [0.3, 0.4) is 0 Å². The van der Waals surface area contributed by atoms with Crippen LogP contribution in [0, 0.1) is 3.57 Å². The summed E-state index contributed by atoms with van der Waals surface area (Å²) in [5.41, 5.74) is 1.57. The third kappa shape index (κ3) is 4.09. The van der Waals surface area contributed by atoms with Gasteiger partial charge in [0.25, 0.3) is 0 Å². The van der Waals surface area contributed by atoms with E-state index in [4.69, 9.17) is 0 Å². The minimum Gasteiger partial charge on any atom is -0.308 e. The van der Waals surface area contributed by atoms with E-state index in [1.165, 1.54) is 9.13 Å². The third-order valence-corrected chi connectivity index (χ3v) is 2.82. The van der Waals surface area contributed by atoms with Gasteiger partial charge in [0.1, 0.15) is 0 Å². The lowest BCUT2D eigenvalue weighted by atomic mass is 10.1. The highest BCUT2D eigenvalue weighted by Crippen LogP contribution is 2.12. The van der Waals surface area contributed by atoms with Gasteiger partial charge in [-0.1, -0.05) is 18.2 Å². The Labute approximate surface area is 94.1 Å². The Morgan fingerprint density at radius 3 is 2.38 bits per heavy atom. The summed E-state index contributed by atoms with van der Waals surface area (Å²) in [6, 6.07) is 8.46. The first-order valence-electron chi connectivity index (χ1n) is 4.47. The molecule has 0 fully saturated rings. The first kappa shape index (κ1) is 11.0. The van der Waals surface area contributed by atoms with Crippen molar-refractivity contribution in [3.63, 3.8) is 0 Å². The van der Waals surface area contributed by atoms with Crippen molar-refractivity contribution >= 4 is 22.6 Å². The summed E-state index contributed by atoms with van der Waals surface area (Å²) in [4.78, 5) is 0. The highest BCUT2D eigenvalue weighted by atomic mass is 127. The number of nitrogens with one attached hydrogen (secondary N) is 1. The topological polar surface area (TPSA) is 12.0 Å². The van der Waals surface area contributed by atoms with E-state index in [9.17, 15) is 0 Å². The van der Waals surface area contributed by atoms with Crippen LogP contribution in [0.15, 0.2) is 24.3 Å². The van der Waals surface area contributed by atoms with E-state index in [0.29, 0.717) is 0 Å². The fourth-order valence-electron chi connectivity index (χ4n) is 1.00. The molecule has 1 N–H and O–H groups in total. The van der Waals surface area contributed by atoms with Crippen LogP contribution in [0.2, 0.25) is 0 Å². The van der Waals surface area contributed by atoms with Gasteiger partial charge in [-0.2, -0.15) is 0 Å². The van der Waals surface area contributed by atoms with Crippen molar-refractivity contribution in [1.29, 1.82) is 0 Å². The summed E-state index contributed by atoms with van der Waals surface area (Å²) in [5, 5.41) is 3.47. The molecule has 72 valence electrons. The third-order valence-electron chi connectivity index (χ3n) is 1.77. The van der Waals surface area contributed by atoms with Crippen molar-refractivity contribution < 1.29 is 0 Å². The summed E-state index contributed by atoms with van der Waals surface area (Å²) in [6.45, 7) is 7.50. The average Bonchev–Trinajstić information content (AvgIpc) is 2.01. The summed E-state index contributed by atoms with van der Waals surface area (Å²) in [7, 11) is 0. The zero-order chi connectivity index (χ0) is 9.90. The summed E-state index contributed by atoms with van der Waals surface area (Å²) in [6.07, 6.45) is 0. The van der Waals surface area contributed by atoms with E-state index in [0.717, 1.165) is 6.54 Å². The normalized spacial score (nSPS) is 11.7. The molecule has 0 heterocycles. The van der Waals surface area contributed by atoms with Gasteiger partial charge in [0.15, 0.2) is 0 Å². The molecule has 2 heteroatoms. The van der Waals surface area contributed by atoms with Crippen LogP contribution >= 0.6 is 22.6 Å². The fraction of sp³-hybridized carbons (Fsp3) is 0.455. The van der Waals surface area contributed by atoms with Gasteiger partial charge < -0.3 is 5.32 Å². The van der Waals surface area contributed by atoms with Gasteiger partial charge in [0, 0.05) is 15.7 Å². The maximum absolute atomic E-state index is 3.47. The van der Waals surface area contributed by atoms with Gasteiger partial charge in [-0.05, 0) is 55.0 Å². The Bertz CT molecular complexity index is 276. The second-order valence-corrected chi connectivity index (χ2v) is 5.36. The largest absolute Gasteiger partial charge is 0.308 e. The van der Waals surface area contributed by atoms with Crippen LogP contribution in [-0.4, -0.2) is 5.54 Å². The Kier molecular flexibility index (Phi) is 3.74. The van der Waals surface area contributed by atoms with Gasteiger partial charge in [-0.25, -0.2) is 0 Å². The van der Waals surface area contributed by atoms with Crippen molar-refractivity contribution in [1.82, 2.24) is 5.32 Å².